The first-order valence-electron chi connectivity index (χ1n) is 11.1. The maximum Gasteiger partial charge on any atom is 0.153 e. The van der Waals surface area contributed by atoms with E-state index in [4.69, 9.17) is 0 Å². The third-order valence-electron chi connectivity index (χ3n) is 7.03. The van der Waals surface area contributed by atoms with Crippen molar-refractivity contribution in [3.63, 3.8) is 0 Å². The van der Waals surface area contributed by atoms with Crippen molar-refractivity contribution in [2.24, 2.45) is 22.7 Å². The summed E-state index contributed by atoms with van der Waals surface area (Å²) < 4.78 is 27.9. The van der Waals surface area contributed by atoms with Gasteiger partial charge in [-0.2, -0.15) is 4.99 Å². The van der Waals surface area contributed by atoms with Crippen LogP contribution in [0.25, 0.3) is 0 Å². The van der Waals surface area contributed by atoms with E-state index < -0.39 is 17.3 Å². The van der Waals surface area contributed by atoms with Gasteiger partial charge in [0.2, 0.25) is 0 Å². The minimum absolute atomic E-state index is 0.316. The van der Waals surface area contributed by atoms with Crippen molar-refractivity contribution in [3.8, 4) is 11.8 Å². The average Bonchev–Trinajstić information content (AvgIpc) is 3.30. The quantitative estimate of drug-likeness (QED) is 0.210. The summed E-state index contributed by atoms with van der Waals surface area (Å²) in [6.07, 6.45) is 17.4. The van der Waals surface area contributed by atoms with Crippen LogP contribution in [-0.2, 0) is 0 Å². The average molecular weight is 424 g/mol. The van der Waals surface area contributed by atoms with Crippen LogP contribution in [0.4, 0.5) is 14.5 Å². The molecule has 0 saturated heterocycles. The minimum atomic E-state index is -0.765. The van der Waals surface area contributed by atoms with Crippen LogP contribution in [0.2, 0.25) is 0 Å². The topological polar surface area (TPSA) is 12.4 Å². The van der Waals surface area contributed by atoms with Gasteiger partial charge in [-0.15, -0.1) is 0 Å². The number of halogens is 2. The second-order valence-electron chi connectivity index (χ2n) is 8.79. The van der Waals surface area contributed by atoms with Gasteiger partial charge in [0.05, 0.1) is 5.16 Å². The summed E-state index contributed by atoms with van der Waals surface area (Å²) in [5.74, 6) is 6.94. The van der Waals surface area contributed by atoms with Crippen molar-refractivity contribution < 1.29 is 8.78 Å². The normalized spacial score (nSPS) is 26.1. The highest BCUT2D eigenvalue weighted by molar-refractivity contribution is 7.78. The van der Waals surface area contributed by atoms with Gasteiger partial charge in [-0.1, -0.05) is 29.6 Å². The van der Waals surface area contributed by atoms with Crippen LogP contribution < -0.4 is 0 Å². The van der Waals surface area contributed by atoms with Crippen molar-refractivity contribution in [2.45, 2.75) is 64.2 Å². The predicted molar refractivity (Wildman–Crippen MR) is 121 cm³/mol. The summed E-state index contributed by atoms with van der Waals surface area (Å²) in [5.41, 5.74) is 2.73. The van der Waals surface area contributed by atoms with Crippen LogP contribution in [0, 0.1) is 41.2 Å². The Kier molecular flexibility index (Phi) is 6.93. The molecule has 0 radical (unpaired) electrons. The van der Waals surface area contributed by atoms with Crippen molar-refractivity contribution in [1.82, 2.24) is 0 Å². The van der Waals surface area contributed by atoms with Gasteiger partial charge in [0.25, 0.3) is 0 Å². The van der Waals surface area contributed by atoms with E-state index in [1.165, 1.54) is 63.5 Å². The van der Waals surface area contributed by atoms with Crippen LogP contribution in [0.1, 0.15) is 69.8 Å². The molecule has 1 fully saturated rings. The van der Waals surface area contributed by atoms with Gasteiger partial charge >= 0.3 is 0 Å². The zero-order chi connectivity index (χ0) is 20.9. The number of aliphatic imine (C=N–C) groups is 1. The number of nitrogens with zero attached hydrogens (tertiary/aromatic N) is 1. The van der Waals surface area contributed by atoms with Gasteiger partial charge in [-0.25, -0.2) is 8.78 Å². The Morgan fingerprint density at radius 1 is 0.900 bits per heavy atom. The molecule has 30 heavy (non-hydrogen) atoms. The first kappa shape index (κ1) is 21.2. The molecule has 0 aromatic heterocycles. The van der Waals surface area contributed by atoms with Gasteiger partial charge in [0.15, 0.2) is 11.6 Å². The lowest BCUT2D eigenvalue weighted by atomic mass is 9.70. The summed E-state index contributed by atoms with van der Waals surface area (Å²) in [7, 11) is 0. The molecule has 3 aliphatic rings. The molecule has 0 aliphatic heterocycles. The first-order valence-corrected chi connectivity index (χ1v) is 11.5. The molecule has 1 unspecified atom stereocenters. The third kappa shape index (κ3) is 4.97. The number of allylic oxidation sites excluding steroid dienone is 4. The van der Waals surface area contributed by atoms with E-state index in [9.17, 15) is 8.78 Å². The van der Waals surface area contributed by atoms with Gasteiger partial charge in [0.1, 0.15) is 5.69 Å². The molecule has 4 heteroatoms. The Labute approximate surface area is 183 Å². The number of hydrogen-bond acceptors (Lipinski definition) is 2. The van der Waals surface area contributed by atoms with Gasteiger partial charge in [0, 0.05) is 5.56 Å². The van der Waals surface area contributed by atoms with Crippen LogP contribution in [0.5, 0.6) is 0 Å². The zero-order valence-corrected chi connectivity index (χ0v) is 18.0. The van der Waals surface area contributed by atoms with Crippen molar-refractivity contribution >= 4 is 23.1 Å². The monoisotopic (exact) mass is 423 g/mol. The lowest BCUT2D eigenvalue weighted by Crippen LogP contribution is -2.23. The molecule has 1 aromatic carbocycles. The summed E-state index contributed by atoms with van der Waals surface area (Å²) >= 11 is 4.42. The summed E-state index contributed by atoms with van der Waals surface area (Å²) in [4.78, 5) is 3.43. The second kappa shape index (κ2) is 9.82. The fraction of sp³-hybridized carbons (Fsp3) is 0.500. The van der Waals surface area contributed by atoms with Crippen LogP contribution >= 0.6 is 12.2 Å². The molecular weight excluding hydrogens is 396 g/mol. The third-order valence-corrected chi connectivity index (χ3v) is 7.12. The smallest absolute Gasteiger partial charge is 0.153 e. The number of hydrogen-bond donors (Lipinski definition) is 0. The van der Waals surface area contributed by atoms with Crippen molar-refractivity contribution in [1.29, 1.82) is 0 Å². The Morgan fingerprint density at radius 2 is 1.67 bits per heavy atom. The highest BCUT2D eigenvalue weighted by Gasteiger charge is 2.30. The SMILES string of the molecule is Fc1cc(C#CC2=CCC(C3CCC(C4=CCCC4)CC3)CC2)cc(F)c1N=C=S. The minimum Gasteiger partial charge on any atom is -0.204 e. The molecule has 0 amide bonds. The molecule has 1 saturated carbocycles. The lowest BCUT2D eigenvalue weighted by molar-refractivity contribution is 0.205. The maximum atomic E-state index is 13.9. The summed E-state index contributed by atoms with van der Waals surface area (Å²) in [6.45, 7) is 0. The number of isothiocyanates is 1. The van der Waals surface area contributed by atoms with E-state index in [0.717, 1.165) is 36.2 Å². The molecular formula is C26H27F2NS. The Morgan fingerprint density at radius 3 is 2.27 bits per heavy atom. The number of rotatable bonds is 3. The van der Waals surface area contributed by atoms with Gasteiger partial charge in [-0.3, -0.25) is 0 Å². The summed E-state index contributed by atoms with van der Waals surface area (Å²) in [6, 6.07) is 2.40. The Balaban J connectivity index is 1.33. The van der Waals surface area contributed by atoms with E-state index in [-0.39, 0.29) is 0 Å². The Hall–Kier alpha value is -2.08. The molecule has 156 valence electrons. The Bertz CT molecular complexity index is 943. The maximum absolute atomic E-state index is 13.9. The van der Waals surface area contributed by atoms with Gasteiger partial charge in [-0.05, 0) is 112 Å². The molecule has 1 nitrogen and oxygen atoms in total. The molecule has 3 aliphatic carbocycles. The number of thiocarbonyl (C=S) groups is 1. The first-order chi connectivity index (χ1) is 14.6. The van der Waals surface area contributed by atoms with E-state index in [1.807, 2.05) is 5.16 Å². The van der Waals surface area contributed by atoms with E-state index in [0.29, 0.717) is 5.56 Å². The molecule has 0 bridgehead atoms. The molecule has 0 heterocycles. The van der Waals surface area contributed by atoms with E-state index in [2.05, 4.69) is 41.2 Å². The molecule has 0 spiro atoms. The van der Waals surface area contributed by atoms with Crippen LogP contribution in [0.3, 0.4) is 0 Å². The van der Waals surface area contributed by atoms with E-state index in [1.54, 1.807) is 5.57 Å². The molecule has 0 N–H and O–H groups in total. The van der Waals surface area contributed by atoms with Crippen molar-refractivity contribution in [3.05, 3.63) is 52.6 Å². The number of benzene rings is 1. The fourth-order valence-corrected chi connectivity index (χ4v) is 5.46. The predicted octanol–water partition coefficient (Wildman–Crippen LogP) is 7.69. The summed E-state index contributed by atoms with van der Waals surface area (Å²) in [5, 5.41) is 2.00. The second-order valence-corrected chi connectivity index (χ2v) is 8.97. The van der Waals surface area contributed by atoms with Crippen LogP contribution in [0.15, 0.2) is 40.4 Å². The largest absolute Gasteiger partial charge is 0.204 e. The lowest BCUT2D eigenvalue weighted by Gasteiger charge is -2.35. The highest BCUT2D eigenvalue weighted by Crippen LogP contribution is 2.43. The van der Waals surface area contributed by atoms with Crippen molar-refractivity contribution in [2.75, 3.05) is 0 Å². The fourth-order valence-electron chi connectivity index (χ4n) is 5.37. The molecule has 1 atom stereocenters. The standard InChI is InChI=1S/C26H27F2NS/c27-24-15-19(16-25(28)26(24)29-17-30)6-5-18-7-9-21(10-8-18)23-13-11-22(12-14-23)20-3-1-2-4-20/h3,7,15-16,21-23H,1-2,4,8-14H2. The molecule has 1 aromatic rings. The van der Waals surface area contributed by atoms with E-state index >= 15 is 0 Å². The zero-order valence-electron chi connectivity index (χ0n) is 17.2. The van der Waals surface area contributed by atoms with Gasteiger partial charge < -0.3 is 0 Å². The molecule has 4 rings (SSSR count). The highest BCUT2D eigenvalue weighted by atomic mass is 32.1. The van der Waals surface area contributed by atoms with Crippen LogP contribution in [-0.4, -0.2) is 5.16 Å².